The molecule has 0 amide bonds. The fraction of sp³-hybridized carbons (Fsp3) is 0.0615. The normalized spacial score (nSPS) is 11.4. The maximum atomic E-state index is 5.49. The van der Waals surface area contributed by atoms with Crippen LogP contribution in [0.3, 0.4) is 0 Å². The van der Waals surface area contributed by atoms with Gasteiger partial charge in [-0.2, -0.15) is 0 Å². The molecule has 0 spiro atoms. The van der Waals surface area contributed by atoms with Crippen molar-refractivity contribution in [2.24, 2.45) is 0 Å². The average Bonchev–Trinajstić information content (AvgIpc) is 3.74. The van der Waals surface area contributed by atoms with E-state index in [0.717, 1.165) is 83.4 Å². The van der Waals surface area contributed by atoms with Gasteiger partial charge in [0.2, 0.25) is 0 Å². The minimum absolute atomic E-state index is 0.546. The maximum Gasteiger partial charge on any atom is 0.164 e. The van der Waals surface area contributed by atoms with E-state index in [4.69, 9.17) is 24.9 Å². The van der Waals surface area contributed by atoms with E-state index in [2.05, 4.69) is 178 Å². The number of nitrogens with zero attached hydrogens (tertiary/aromatic N) is 6. The first-order valence-corrected chi connectivity index (χ1v) is 24.1. The molecule has 0 saturated heterocycles. The van der Waals surface area contributed by atoms with Gasteiger partial charge in [0.1, 0.15) is 0 Å². The Bertz CT molecular complexity index is 3730. The number of fused-ring (bicyclic) bond motifs is 3. The highest BCUT2D eigenvalue weighted by Gasteiger charge is 2.23. The summed E-state index contributed by atoms with van der Waals surface area (Å²) in [5.41, 5.74) is 19.8. The van der Waals surface area contributed by atoms with Crippen LogP contribution in [0.15, 0.2) is 218 Å². The third kappa shape index (κ3) is 8.25. The highest BCUT2D eigenvalue weighted by Crippen LogP contribution is 2.42. The van der Waals surface area contributed by atoms with E-state index in [0.29, 0.717) is 23.3 Å². The summed E-state index contributed by atoms with van der Waals surface area (Å²) in [6, 6.07) is 76.7. The van der Waals surface area contributed by atoms with Crippen molar-refractivity contribution < 1.29 is 0 Å². The Kier molecular flexibility index (Phi) is 11.0. The molecule has 0 N–H and O–H groups in total. The van der Waals surface area contributed by atoms with Crippen LogP contribution in [0.25, 0.3) is 118 Å². The first-order chi connectivity index (χ1) is 34.8. The Morgan fingerprint density at radius 3 is 1.13 bits per heavy atom. The van der Waals surface area contributed by atoms with Crippen molar-refractivity contribution in [3.63, 3.8) is 0 Å². The molecule has 0 fully saturated rings. The van der Waals surface area contributed by atoms with Gasteiger partial charge in [0.05, 0.1) is 28.1 Å². The third-order valence-corrected chi connectivity index (χ3v) is 13.5. The molecule has 0 atom stereocenters. The van der Waals surface area contributed by atoms with Gasteiger partial charge in [0, 0.05) is 44.2 Å². The fourth-order valence-electron chi connectivity index (χ4n) is 9.96. The zero-order chi connectivity index (χ0) is 48.0. The van der Waals surface area contributed by atoms with E-state index in [1.165, 1.54) is 33.4 Å². The first kappa shape index (κ1) is 43.2. The van der Waals surface area contributed by atoms with Crippen LogP contribution in [-0.4, -0.2) is 29.5 Å². The molecule has 9 aromatic carbocycles. The molecule has 6 heteroatoms. The van der Waals surface area contributed by atoms with Gasteiger partial charge in [-0.05, 0) is 97.5 Å². The first-order valence-electron chi connectivity index (χ1n) is 24.1. The van der Waals surface area contributed by atoms with Crippen molar-refractivity contribution in [1.82, 2.24) is 29.5 Å². The van der Waals surface area contributed by atoms with E-state index >= 15 is 0 Å². The van der Waals surface area contributed by atoms with Crippen molar-refractivity contribution >= 4 is 21.8 Å². The molecular weight excluding hydrogens is 865 g/mol. The summed E-state index contributed by atoms with van der Waals surface area (Å²) in [4.78, 5) is 26.4. The Hall–Kier alpha value is -9.13. The van der Waals surface area contributed by atoms with Crippen LogP contribution < -0.4 is 0 Å². The average molecular weight is 913 g/mol. The van der Waals surface area contributed by atoms with E-state index in [1.807, 2.05) is 72.8 Å². The smallest absolute Gasteiger partial charge is 0.164 e. The minimum Gasteiger partial charge on any atom is -0.308 e. The topological polar surface area (TPSA) is 69.4 Å². The fourth-order valence-corrected chi connectivity index (χ4v) is 9.96. The molecule has 0 aliphatic carbocycles. The molecular formula is C65H48N6. The zero-order valence-electron chi connectivity index (χ0n) is 40.0. The van der Waals surface area contributed by atoms with Gasteiger partial charge in [0.15, 0.2) is 23.3 Å². The lowest BCUT2D eigenvalue weighted by Gasteiger charge is -2.17. The van der Waals surface area contributed by atoms with Gasteiger partial charge in [-0.3, -0.25) is 0 Å². The molecule has 3 aromatic heterocycles. The van der Waals surface area contributed by atoms with Gasteiger partial charge in [-0.25, -0.2) is 24.9 Å². The van der Waals surface area contributed by atoms with Gasteiger partial charge in [-0.15, -0.1) is 0 Å². The number of aryl methyl sites for hydroxylation is 4. The van der Waals surface area contributed by atoms with Crippen molar-refractivity contribution in [2.45, 2.75) is 27.7 Å². The molecule has 338 valence electrons. The van der Waals surface area contributed by atoms with Gasteiger partial charge in [-0.1, -0.05) is 193 Å². The lowest BCUT2D eigenvalue weighted by atomic mass is 9.96. The van der Waals surface area contributed by atoms with Crippen molar-refractivity contribution in [3.05, 3.63) is 241 Å². The second-order valence-electron chi connectivity index (χ2n) is 18.4. The number of rotatable bonds is 9. The summed E-state index contributed by atoms with van der Waals surface area (Å²) < 4.78 is 2.42. The van der Waals surface area contributed by atoms with Crippen LogP contribution in [0.2, 0.25) is 0 Å². The monoisotopic (exact) mass is 912 g/mol. The number of aromatic nitrogens is 6. The zero-order valence-corrected chi connectivity index (χ0v) is 40.0. The summed E-state index contributed by atoms with van der Waals surface area (Å²) in [7, 11) is 0. The highest BCUT2D eigenvalue weighted by atomic mass is 15.0. The molecule has 0 aliphatic rings. The lowest BCUT2D eigenvalue weighted by Crippen LogP contribution is -2.04. The summed E-state index contributed by atoms with van der Waals surface area (Å²) in [6.07, 6.45) is 0. The van der Waals surface area contributed by atoms with Crippen LogP contribution >= 0.6 is 0 Å². The Balaban J connectivity index is 1.18. The van der Waals surface area contributed by atoms with Crippen LogP contribution in [0.4, 0.5) is 0 Å². The van der Waals surface area contributed by atoms with Crippen LogP contribution in [0, 0.1) is 27.7 Å². The Morgan fingerprint density at radius 2 is 0.690 bits per heavy atom. The molecule has 0 saturated carbocycles. The molecule has 12 rings (SSSR count). The molecule has 0 radical (unpaired) electrons. The Morgan fingerprint density at radius 1 is 0.282 bits per heavy atom. The maximum absolute atomic E-state index is 5.49. The summed E-state index contributed by atoms with van der Waals surface area (Å²) >= 11 is 0. The minimum atomic E-state index is 0.546. The summed E-state index contributed by atoms with van der Waals surface area (Å²) in [5.74, 6) is 2.31. The molecule has 6 nitrogen and oxygen atoms in total. The van der Waals surface area contributed by atoms with E-state index in [9.17, 15) is 0 Å². The predicted octanol–water partition coefficient (Wildman–Crippen LogP) is 16.3. The third-order valence-electron chi connectivity index (χ3n) is 13.5. The van der Waals surface area contributed by atoms with E-state index in [1.54, 1.807) is 0 Å². The van der Waals surface area contributed by atoms with Crippen LogP contribution in [-0.2, 0) is 0 Å². The predicted molar refractivity (Wildman–Crippen MR) is 292 cm³/mol. The van der Waals surface area contributed by atoms with E-state index < -0.39 is 0 Å². The molecule has 71 heavy (non-hydrogen) atoms. The highest BCUT2D eigenvalue weighted by molar-refractivity contribution is 6.12. The molecule has 0 bridgehead atoms. The lowest BCUT2D eigenvalue weighted by molar-refractivity contribution is 1.07. The van der Waals surface area contributed by atoms with Gasteiger partial charge >= 0.3 is 0 Å². The second kappa shape index (κ2) is 18.1. The van der Waals surface area contributed by atoms with Crippen molar-refractivity contribution in [2.75, 3.05) is 0 Å². The van der Waals surface area contributed by atoms with Gasteiger partial charge in [0.25, 0.3) is 0 Å². The molecule has 0 unspecified atom stereocenters. The van der Waals surface area contributed by atoms with Crippen LogP contribution in [0.1, 0.15) is 22.3 Å². The van der Waals surface area contributed by atoms with Crippen LogP contribution in [0.5, 0.6) is 0 Å². The SMILES string of the molecule is Cc1ccc(-c2ccc3c4ccc(-c5ccc(C)cc5C)cc4n(-c4ccc(-c5nc(-c6ccccc6)nc(-c6ccccc6)n5)cc4-c4nc(-c5ccccc5)cc(-c5ccccc5)n4)c3c2)c(C)c1. The largest absolute Gasteiger partial charge is 0.308 e. The van der Waals surface area contributed by atoms with E-state index in [-0.39, 0.29) is 0 Å². The number of benzene rings is 9. The molecule has 0 aliphatic heterocycles. The van der Waals surface area contributed by atoms with Gasteiger partial charge < -0.3 is 4.57 Å². The number of hydrogen-bond acceptors (Lipinski definition) is 5. The standard InChI is InChI=1S/C65H48N6/c1-41-25-30-52(43(3)35-41)49-27-32-54-55-33-28-50(53-31-26-42(2)36-44(53)4)39-61(55)71(60(54)38-49)59-34-29-51(64-69-62(47-21-13-7-14-22-47)68-63(70-64)48-23-15-8-16-24-48)37-56(59)65-66-57(45-17-9-5-10-18-45)40-58(67-65)46-19-11-6-12-20-46/h5-40H,1-4H3. The number of hydrogen-bond donors (Lipinski definition) is 0. The summed E-state index contributed by atoms with van der Waals surface area (Å²) in [5, 5.41) is 2.30. The van der Waals surface area contributed by atoms with Crippen molar-refractivity contribution in [1.29, 1.82) is 0 Å². The second-order valence-corrected chi connectivity index (χ2v) is 18.4. The molecule has 3 heterocycles. The molecule has 12 aromatic rings. The Labute approximate surface area is 413 Å². The quantitative estimate of drug-likeness (QED) is 0.144. The van der Waals surface area contributed by atoms with Crippen molar-refractivity contribution in [3.8, 4) is 96.0 Å². The summed E-state index contributed by atoms with van der Waals surface area (Å²) in [6.45, 7) is 8.70.